The Balaban J connectivity index is 1.89. The van der Waals surface area contributed by atoms with Gasteiger partial charge in [0.2, 0.25) is 0 Å². The zero-order valence-electron chi connectivity index (χ0n) is 15.0. The van der Waals surface area contributed by atoms with Gasteiger partial charge in [-0.05, 0) is 43.3 Å². The van der Waals surface area contributed by atoms with Crippen LogP contribution in [-0.2, 0) is 4.79 Å². The lowest BCUT2D eigenvalue weighted by Crippen LogP contribution is -2.20. The van der Waals surface area contributed by atoms with Crippen LogP contribution >= 0.6 is 15.9 Å². The summed E-state index contributed by atoms with van der Waals surface area (Å²) in [5.74, 6) is 0.0792. The Bertz CT molecular complexity index is 1120. The van der Waals surface area contributed by atoms with Gasteiger partial charge in [0.15, 0.2) is 6.61 Å². The number of hydrogen-bond acceptors (Lipinski definition) is 4. The molecule has 0 spiro atoms. The van der Waals surface area contributed by atoms with Crippen molar-refractivity contribution < 1.29 is 9.53 Å². The Morgan fingerprint density at radius 1 is 1.18 bits per heavy atom. The molecule has 0 bridgehead atoms. The van der Waals surface area contributed by atoms with E-state index in [-0.39, 0.29) is 18.1 Å². The molecule has 6 nitrogen and oxygen atoms in total. The van der Waals surface area contributed by atoms with Crippen LogP contribution < -0.4 is 15.6 Å². The topological polar surface area (TPSA) is 95.0 Å². The Kier molecular flexibility index (Phi) is 5.92. The van der Waals surface area contributed by atoms with Gasteiger partial charge in [0.1, 0.15) is 17.4 Å². The quantitative estimate of drug-likeness (QED) is 0.630. The van der Waals surface area contributed by atoms with Gasteiger partial charge in [-0.15, -0.1) is 0 Å². The van der Waals surface area contributed by atoms with Gasteiger partial charge in [-0.25, -0.2) is 0 Å². The van der Waals surface area contributed by atoms with Gasteiger partial charge >= 0.3 is 0 Å². The average Bonchev–Trinajstić information content (AvgIpc) is 2.67. The summed E-state index contributed by atoms with van der Waals surface area (Å²) in [6, 6.07) is 17.9. The van der Waals surface area contributed by atoms with E-state index in [1.807, 2.05) is 24.3 Å². The molecule has 0 saturated carbocycles. The van der Waals surface area contributed by atoms with Crippen LogP contribution in [0, 0.1) is 18.3 Å². The van der Waals surface area contributed by atoms with Gasteiger partial charge in [-0.1, -0.05) is 34.1 Å². The SMILES string of the molecule is Cc1cc(-c2cc(Br)ccc2OCC(=O)Nc2ccccc2)c(C#N)c(=O)[nH]1. The predicted molar refractivity (Wildman–Crippen MR) is 110 cm³/mol. The summed E-state index contributed by atoms with van der Waals surface area (Å²) in [5.41, 5.74) is 1.81. The minimum atomic E-state index is -0.467. The van der Waals surface area contributed by atoms with E-state index in [9.17, 15) is 14.9 Å². The number of halogens is 1. The van der Waals surface area contributed by atoms with Gasteiger partial charge in [0.05, 0.1) is 0 Å². The first kappa shape index (κ1) is 19.4. The standard InChI is InChI=1S/C21H16BrN3O3/c1-13-9-16(18(11-23)21(27)24-13)17-10-14(22)7-8-19(17)28-12-20(26)25-15-5-3-2-4-6-15/h2-10H,12H2,1H3,(H,24,27)(H,25,26). The zero-order chi connectivity index (χ0) is 20.1. The lowest BCUT2D eigenvalue weighted by atomic mass is 10.00. The summed E-state index contributed by atoms with van der Waals surface area (Å²) < 4.78 is 6.46. The van der Waals surface area contributed by atoms with E-state index >= 15 is 0 Å². The summed E-state index contributed by atoms with van der Waals surface area (Å²) in [6.45, 7) is 1.52. The van der Waals surface area contributed by atoms with Crippen molar-refractivity contribution in [3.05, 3.63) is 80.7 Å². The van der Waals surface area contributed by atoms with E-state index in [0.717, 1.165) is 4.47 Å². The number of carbonyl (C=O) groups is 1. The maximum atomic E-state index is 12.2. The first-order valence-corrected chi connectivity index (χ1v) is 9.19. The van der Waals surface area contributed by atoms with E-state index in [1.165, 1.54) is 0 Å². The molecule has 3 aromatic rings. The molecule has 3 rings (SSSR count). The Labute approximate surface area is 169 Å². The minimum absolute atomic E-state index is 0.0118. The van der Waals surface area contributed by atoms with Crippen LogP contribution in [-0.4, -0.2) is 17.5 Å². The third kappa shape index (κ3) is 4.48. The molecule has 0 atom stereocenters. The molecule has 0 aliphatic carbocycles. The number of carbonyl (C=O) groups excluding carboxylic acids is 1. The maximum absolute atomic E-state index is 12.2. The number of ether oxygens (including phenoxy) is 1. The predicted octanol–water partition coefficient (Wildman–Crippen LogP) is 4.00. The smallest absolute Gasteiger partial charge is 0.266 e. The molecule has 28 heavy (non-hydrogen) atoms. The van der Waals surface area contributed by atoms with Crippen molar-refractivity contribution in [2.24, 2.45) is 0 Å². The van der Waals surface area contributed by atoms with E-state index in [4.69, 9.17) is 4.74 Å². The molecule has 1 amide bonds. The number of nitrogens with zero attached hydrogens (tertiary/aromatic N) is 1. The number of aryl methyl sites for hydroxylation is 1. The number of nitrogens with one attached hydrogen (secondary N) is 2. The fraction of sp³-hybridized carbons (Fsp3) is 0.0952. The van der Waals surface area contributed by atoms with Gasteiger partial charge < -0.3 is 15.0 Å². The van der Waals surface area contributed by atoms with Crippen molar-refractivity contribution in [1.29, 1.82) is 5.26 Å². The maximum Gasteiger partial charge on any atom is 0.266 e. The molecule has 140 valence electrons. The zero-order valence-corrected chi connectivity index (χ0v) is 16.5. The second-order valence-electron chi connectivity index (χ2n) is 6.03. The number of rotatable bonds is 5. The lowest BCUT2D eigenvalue weighted by Gasteiger charge is -2.14. The largest absolute Gasteiger partial charge is 0.483 e. The van der Waals surface area contributed by atoms with Gasteiger partial charge in [-0.3, -0.25) is 9.59 Å². The Morgan fingerprint density at radius 3 is 2.64 bits per heavy atom. The molecule has 0 saturated heterocycles. The fourth-order valence-electron chi connectivity index (χ4n) is 2.71. The molecule has 2 aromatic carbocycles. The van der Waals surface area contributed by atoms with Gasteiger partial charge in [-0.2, -0.15) is 5.26 Å². The van der Waals surface area contributed by atoms with E-state index < -0.39 is 5.56 Å². The number of H-pyrrole nitrogens is 1. The molecular weight excluding hydrogens is 422 g/mol. The second kappa shape index (κ2) is 8.55. The van der Waals surface area contributed by atoms with Crippen molar-refractivity contribution in [3.8, 4) is 22.9 Å². The van der Waals surface area contributed by atoms with Crippen LogP contribution in [0.15, 0.2) is 63.9 Å². The summed E-state index contributed by atoms with van der Waals surface area (Å²) in [6.07, 6.45) is 0. The molecule has 2 N–H and O–H groups in total. The van der Waals surface area contributed by atoms with Crippen molar-refractivity contribution in [1.82, 2.24) is 4.98 Å². The molecule has 7 heteroatoms. The summed E-state index contributed by atoms with van der Waals surface area (Å²) in [4.78, 5) is 26.9. The van der Waals surface area contributed by atoms with Crippen LogP contribution in [0.5, 0.6) is 5.75 Å². The molecule has 1 heterocycles. The number of aromatic nitrogens is 1. The third-order valence-electron chi connectivity index (χ3n) is 3.93. The minimum Gasteiger partial charge on any atom is -0.483 e. The van der Waals surface area contributed by atoms with Crippen molar-refractivity contribution in [2.45, 2.75) is 6.92 Å². The molecule has 0 aliphatic rings. The number of hydrogen-bond donors (Lipinski definition) is 2. The van der Waals surface area contributed by atoms with Crippen molar-refractivity contribution >= 4 is 27.5 Å². The second-order valence-corrected chi connectivity index (χ2v) is 6.94. The summed E-state index contributed by atoms with van der Waals surface area (Å²) in [7, 11) is 0. The molecule has 0 radical (unpaired) electrons. The summed E-state index contributed by atoms with van der Waals surface area (Å²) in [5, 5.41) is 12.2. The Morgan fingerprint density at radius 2 is 1.93 bits per heavy atom. The molecule has 0 unspecified atom stereocenters. The van der Waals surface area contributed by atoms with Crippen LogP contribution in [0.1, 0.15) is 11.3 Å². The molecule has 1 aromatic heterocycles. The normalized spacial score (nSPS) is 10.2. The van der Waals surface area contributed by atoms with E-state index in [2.05, 4.69) is 26.2 Å². The number of aromatic amines is 1. The number of nitriles is 1. The highest BCUT2D eigenvalue weighted by molar-refractivity contribution is 9.10. The van der Waals surface area contributed by atoms with Crippen molar-refractivity contribution in [3.63, 3.8) is 0 Å². The number of benzene rings is 2. The fourth-order valence-corrected chi connectivity index (χ4v) is 3.07. The number of amides is 1. The molecule has 0 fully saturated rings. The van der Waals surface area contributed by atoms with Crippen LogP contribution in [0.25, 0.3) is 11.1 Å². The molecular formula is C21H16BrN3O3. The highest BCUT2D eigenvalue weighted by Crippen LogP contribution is 2.34. The number of para-hydroxylation sites is 1. The van der Waals surface area contributed by atoms with Crippen LogP contribution in [0.2, 0.25) is 0 Å². The van der Waals surface area contributed by atoms with Crippen molar-refractivity contribution in [2.75, 3.05) is 11.9 Å². The number of pyridine rings is 1. The molecule has 0 aliphatic heterocycles. The highest BCUT2D eigenvalue weighted by atomic mass is 79.9. The summed E-state index contributed by atoms with van der Waals surface area (Å²) >= 11 is 3.40. The van der Waals surface area contributed by atoms with Gasteiger partial charge in [0.25, 0.3) is 11.5 Å². The monoisotopic (exact) mass is 437 g/mol. The Hall–Kier alpha value is -3.37. The van der Waals surface area contributed by atoms with Gasteiger partial charge in [0, 0.05) is 27.0 Å². The van der Waals surface area contributed by atoms with E-state index in [0.29, 0.717) is 28.3 Å². The van der Waals surface area contributed by atoms with E-state index in [1.54, 1.807) is 43.3 Å². The van der Waals surface area contributed by atoms with Crippen LogP contribution in [0.3, 0.4) is 0 Å². The third-order valence-corrected chi connectivity index (χ3v) is 4.42. The van der Waals surface area contributed by atoms with Crippen LogP contribution in [0.4, 0.5) is 5.69 Å². The first-order chi connectivity index (χ1) is 13.5. The number of anilines is 1. The average molecular weight is 438 g/mol. The highest BCUT2D eigenvalue weighted by Gasteiger charge is 2.16. The first-order valence-electron chi connectivity index (χ1n) is 8.39. The lowest BCUT2D eigenvalue weighted by molar-refractivity contribution is -0.118.